The average molecular weight is 395 g/mol. The third kappa shape index (κ3) is 3.64. The third-order valence-corrected chi connectivity index (χ3v) is 5.21. The second-order valence-electron chi connectivity index (χ2n) is 6.58. The lowest BCUT2D eigenvalue weighted by Crippen LogP contribution is -2.42. The van der Waals surface area contributed by atoms with Gasteiger partial charge in [0, 0.05) is 36.4 Å². The molecule has 0 radical (unpaired) electrons. The van der Waals surface area contributed by atoms with Crippen molar-refractivity contribution >= 4 is 40.0 Å². The van der Waals surface area contributed by atoms with Gasteiger partial charge in [-0.1, -0.05) is 29.8 Å². The summed E-state index contributed by atoms with van der Waals surface area (Å²) in [6, 6.07) is 10.7. The highest BCUT2D eigenvalue weighted by atomic mass is 35.5. The Labute approximate surface area is 167 Å². The van der Waals surface area contributed by atoms with Crippen molar-refractivity contribution in [2.24, 2.45) is 0 Å². The van der Waals surface area contributed by atoms with Crippen LogP contribution in [0.4, 0.5) is 0 Å². The molecule has 1 aliphatic rings. The normalized spacial score (nSPS) is 14.0. The quantitative estimate of drug-likeness (QED) is 0.713. The molecular formula is C21H19ClN4O2. The second kappa shape index (κ2) is 7.86. The number of carbonyl (C=O) groups is 2. The Kier molecular flexibility index (Phi) is 5.12. The van der Waals surface area contributed by atoms with Crippen LogP contribution >= 0.6 is 11.6 Å². The van der Waals surface area contributed by atoms with Crippen LogP contribution in [0.5, 0.6) is 0 Å². The van der Waals surface area contributed by atoms with Crippen LogP contribution in [-0.4, -0.2) is 46.3 Å². The van der Waals surface area contributed by atoms with Gasteiger partial charge in [0.15, 0.2) is 0 Å². The second-order valence-corrected chi connectivity index (χ2v) is 6.99. The first kappa shape index (κ1) is 18.3. The Morgan fingerprint density at radius 1 is 1.21 bits per heavy atom. The van der Waals surface area contributed by atoms with E-state index in [1.807, 2.05) is 18.3 Å². The fourth-order valence-electron chi connectivity index (χ4n) is 3.37. The van der Waals surface area contributed by atoms with Crippen LogP contribution in [0.3, 0.4) is 0 Å². The Hall–Kier alpha value is -3.12. The summed E-state index contributed by atoms with van der Waals surface area (Å²) in [5.41, 5.74) is 3.55. The third-order valence-electron chi connectivity index (χ3n) is 4.88. The minimum atomic E-state index is -0.349. The molecule has 0 fully saturated rings. The van der Waals surface area contributed by atoms with E-state index < -0.39 is 0 Å². The van der Waals surface area contributed by atoms with E-state index in [0.29, 0.717) is 23.7 Å². The van der Waals surface area contributed by atoms with Crippen LogP contribution < -0.4 is 5.32 Å². The standard InChI is InChI=1S/C21H19ClN4O2/c22-18-6-2-1-4-16(18)21(28)25-13-19(27)26-10-7-14(8-11-26)17-12-24-20-15(17)5-3-9-23-20/h1-7,9,12H,8,10-11,13H2,(H,23,24)(H,25,28). The van der Waals surface area contributed by atoms with Crippen molar-refractivity contribution in [3.63, 3.8) is 0 Å². The van der Waals surface area contributed by atoms with E-state index in [-0.39, 0.29) is 18.4 Å². The number of H-pyrrole nitrogens is 1. The van der Waals surface area contributed by atoms with Gasteiger partial charge in [-0.15, -0.1) is 0 Å². The lowest BCUT2D eigenvalue weighted by Gasteiger charge is -2.26. The van der Waals surface area contributed by atoms with Crippen molar-refractivity contribution in [1.29, 1.82) is 0 Å². The Morgan fingerprint density at radius 3 is 2.86 bits per heavy atom. The zero-order valence-corrected chi connectivity index (χ0v) is 15.9. The molecule has 0 spiro atoms. The van der Waals surface area contributed by atoms with E-state index in [1.165, 1.54) is 5.57 Å². The van der Waals surface area contributed by atoms with Gasteiger partial charge in [-0.05, 0) is 36.3 Å². The highest BCUT2D eigenvalue weighted by Crippen LogP contribution is 2.28. The smallest absolute Gasteiger partial charge is 0.253 e. The molecule has 28 heavy (non-hydrogen) atoms. The molecule has 2 N–H and O–H groups in total. The number of benzene rings is 1. The van der Waals surface area contributed by atoms with Gasteiger partial charge in [-0.25, -0.2) is 4.98 Å². The Morgan fingerprint density at radius 2 is 2.07 bits per heavy atom. The number of hydrogen-bond acceptors (Lipinski definition) is 3. The molecule has 0 saturated heterocycles. The van der Waals surface area contributed by atoms with Crippen LogP contribution in [-0.2, 0) is 4.79 Å². The van der Waals surface area contributed by atoms with E-state index in [9.17, 15) is 9.59 Å². The molecule has 0 saturated carbocycles. The number of halogens is 1. The summed E-state index contributed by atoms with van der Waals surface area (Å²) in [6.07, 6.45) is 6.54. The minimum Gasteiger partial charge on any atom is -0.346 e. The van der Waals surface area contributed by atoms with Crippen LogP contribution in [0.1, 0.15) is 22.3 Å². The van der Waals surface area contributed by atoms with E-state index in [1.54, 1.807) is 35.4 Å². The van der Waals surface area contributed by atoms with Crippen molar-refractivity contribution in [2.45, 2.75) is 6.42 Å². The summed E-state index contributed by atoms with van der Waals surface area (Å²) in [5.74, 6) is -0.463. The fraction of sp³-hybridized carbons (Fsp3) is 0.190. The lowest BCUT2D eigenvalue weighted by molar-refractivity contribution is -0.129. The number of pyridine rings is 1. The first-order chi connectivity index (χ1) is 13.6. The number of nitrogens with zero attached hydrogens (tertiary/aromatic N) is 2. The van der Waals surface area contributed by atoms with Crippen LogP contribution in [0.25, 0.3) is 16.6 Å². The van der Waals surface area contributed by atoms with Gasteiger partial charge < -0.3 is 15.2 Å². The Bertz CT molecular complexity index is 1070. The fourth-order valence-corrected chi connectivity index (χ4v) is 3.59. The molecule has 2 amide bonds. The molecule has 3 aromatic rings. The summed E-state index contributed by atoms with van der Waals surface area (Å²) in [4.78, 5) is 33.9. The van der Waals surface area contributed by atoms with Crippen molar-refractivity contribution in [2.75, 3.05) is 19.6 Å². The van der Waals surface area contributed by atoms with Crippen LogP contribution in [0.2, 0.25) is 5.02 Å². The maximum Gasteiger partial charge on any atom is 0.253 e. The summed E-state index contributed by atoms with van der Waals surface area (Å²) in [5, 5.41) is 4.10. The zero-order chi connectivity index (χ0) is 19.5. The SMILES string of the molecule is O=C(NCC(=O)N1CC=C(c2c[nH]c3ncccc23)CC1)c1ccccc1Cl. The van der Waals surface area contributed by atoms with E-state index in [4.69, 9.17) is 11.6 Å². The molecule has 2 aromatic heterocycles. The summed E-state index contributed by atoms with van der Waals surface area (Å²) in [7, 11) is 0. The predicted octanol–water partition coefficient (Wildman–Crippen LogP) is 3.26. The molecule has 0 atom stereocenters. The molecule has 0 bridgehead atoms. The topological polar surface area (TPSA) is 78.1 Å². The van der Waals surface area contributed by atoms with Gasteiger partial charge in [0.25, 0.3) is 5.91 Å². The maximum atomic E-state index is 12.5. The zero-order valence-electron chi connectivity index (χ0n) is 15.1. The van der Waals surface area contributed by atoms with Crippen LogP contribution in [0.15, 0.2) is 54.9 Å². The minimum absolute atomic E-state index is 0.0514. The lowest BCUT2D eigenvalue weighted by atomic mass is 9.99. The summed E-state index contributed by atoms with van der Waals surface area (Å²) >= 11 is 6.02. The van der Waals surface area contributed by atoms with Gasteiger partial charge in [0.1, 0.15) is 5.65 Å². The highest BCUT2D eigenvalue weighted by Gasteiger charge is 2.20. The number of fused-ring (bicyclic) bond motifs is 1. The number of aromatic amines is 1. The van der Waals surface area contributed by atoms with Crippen LogP contribution in [0, 0.1) is 0 Å². The number of rotatable bonds is 4. The number of aromatic nitrogens is 2. The van der Waals surface area contributed by atoms with Crippen molar-refractivity contribution in [3.8, 4) is 0 Å². The monoisotopic (exact) mass is 394 g/mol. The molecule has 0 aliphatic carbocycles. The number of nitrogens with one attached hydrogen (secondary N) is 2. The van der Waals surface area contributed by atoms with Gasteiger partial charge in [0.2, 0.25) is 5.91 Å². The van der Waals surface area contributed by atoms with E-state index in [2.05, 4.69) is 21.4 Å². The number of hydrogen-bond donors (Lipinski definition) is 2. The molecule has 4 rings (SSSR count). The molecule has 6 nitrogen and oxygen atoms in total. The van der Waals surface area contributed by atoms with Gasteiger partial charge in [-0.3, -0.25) is 9.59 Å². The van der Waals surface area contributed by atoms with Gasteiger partial charge in [-0.2, -0.15) is 0 Å². The molecule has 1 aliphatic heterocycles. The molecular weight excluding hydrogens is 376 g/mol. The van der Waals surface area contributed by atoms with Gasteiger partial charge >= 0.3 is 0 Å². The van der Waals surface area contributed by atoms with Gasteiger partial charge in [0.05, 0.1) is 17.1 Å². The van der Waals surface area contributed by atoms with E-state index in [0.717, 1.165) is 23.0 Å². The predicted molar refractivity (Wildman–Crippen MR) is 109 cm³/mol. The first-order valence-electron chi connectivity index (χ1n) is 9.05. The molecule has 1 aromatic carbocycles. The van der Waals surface area contributed by atoms with Crippen molar-refractivity contribution in [1.82, 2.24) is 20.2 Å². The van der Waals surface area contributed by atoms with Crippen molar-refractivity contribution in [3.05, 3.63) is 71.0 Å². The summed E-state index contributed by atoms with van der Waals surface area (Å²) < 4.78 is 0. The highest BCUT2D eigenvalue weighted by molar-refractivity contribution is 6.33. The molecule has 0 unspecified atom stereocenters. The molecule has 3 heterocycles. The molecule has 7 heteroatoms. The molecule has 142 valence electrons. The first-order valence-corrected chi connectivity index (χ1v) is 9.43. The van der Waals surface area contributed by atoms with Crippen molar-refractivity contribution < 1.29 is 9.59 Å². The maximum absolute atomic E-state index is 12.5. The average Bonchev–Trinajstić information content (AvgIpc) is 3.16. The van der Waals surface area contributed by atoms with E-state index >= 15 is 0 Å². The largest absolute Gasteiger partial charge is 0.346 e. The summed E-state index contributed by atoms with van der Waals surface area (Å²) in [6.45, 7) is 1.08. The number of amides is 2. The number of carbonyl (C=O) groups excluding carboxylic acids is 2. The Balaban J connectivity index is 1.37.